The normalized spacial score (nSPS) is 11.9. The van der Waals surface area contributed by atoms with Crippen LogP contribution in [0, 0.1) is 0 Å². The second-order valence-corrected chi connectivity index (χ2v) is 4.39. The van der Waals surface area contributed by atoms with Gasteiger partial charge in [0, 0.05) is 5.25 Å². The van der Waals surface area contributed by atoms with Crippen molar-refractivity contribution >= 4 is 23.8 Å². The third-order valence-corrected chi connectivity index (χ3v) is 2.82. The van der Waals surface area contributed by atoms with E-state index in [2.05, 4.69) is 10.1 Å². The van der Waals surface area contributed by atoms with E-state index in [1.54, 1.807) is 6.92 Å². The molecule has 0 saturated carbocycles. The lowest BCUT2D eigenvalue weighted by atomic mass is 10.3. The number of thioether (sulfide) groups is 1. The molecule has 0 heterocycles. The van der Waals surface area contributed by atoms with E-state index in [0.717, 1.165) is 6.42 Å². The van der Waals surface area contributed by atoms with Crippen LogP contribution in [-0.4, -0.2) is 36.2 Å². The van der Waals surface area contributed by atoms with Crippen molar-refractivity contribution < 1.29 is 14.3 Å². The first-order chi connectivity index (χ1) is 7.10. The molecule has 0 aromatic rings. The van der Waals surface area contributed by atoms with Crippen LogP contribution in [0.4, 0.5) is 4.79 Å². The third kappa shape index (κ3) is 8.26. The number of nitrogens with two attached hydrogens (primary N) is 1. The van der Waals surface area contributed by atoms with Crippen LogP contribution < -0.4 is 11.1 Å². The molecule has 0 saturated heterocycles. The molecule has 0 rings (SSSR count). The van der Waals surface area contributed by atoms with Crippen molar-refractivity contribution in [2.24, 2.45) is 5.73 Å². The van der Waals surface area contributed by atoms with Gasteiger partial charge in [0.05, 0.1) is 12.4 Å². The summed E-state index contributed by atoms with van der Waals surface area (Å²) in [6.07, 6.45) is 0.173. The summed E-state index contributed by atoms with van der Waals surface area (Å²) >= 11 is 1.47. The van der Waals surface area contributed by atoms with E-state index in [-0.39, 0.29) is 18.3 Å². The summed E-state index contributed by atoms with van der Waals surface area (Å²) < 4.78 is 4.57. The zero-order valence-corrected chi connectivity index (χ0v) is 9.93. The Kier molecular flexibility index (Phi) is 8.12. The maximum Gasteiger partial charge on any atom is 0.413 e. The number of amides is 2. The van der Waals surface area contributed by atoms with Crippen molar-refractivity contribution in [3.05, 3.63) is 0 Å². The predicted molar refractivity (Wildman–Crippen MR) is 60.8 cm³/mol. The summed E-state index contributed by atoms with van der Waals surface area (Å²) in [5.74, 6) is -0.0812. The Bertz CT molecular complexity index is 212. The van der Waals surface area contributed by atoms with Gasteiger partial charge in [0.2, 0.25) is 5.91 Å². The highest BCUT2D eigenvalue weighted by Gasteiger charge is 2.10. The minimum atomic E-state index is -0.686. The van der Waals surface area contributed by atoms with Crippen molar-refractivity contribution in [2.45, 2.75) is 25.5 Å². The Hall–Kier alpha value is -0.750. The van der Waals surface area contributed by atoms with Gasteiger partial charge in [0.1, 0.15) is 0 Å². The second kappa shape index (κ2) is 8.55. The van der Waals surface area contributed by atoms with E-state index in [1.165, 1.54) is 11.8 Å². The monoisotopic (exact) mass is 234 g/mol. The number of rotatable bonds is 6. The SMILES string of the molecule is CCOC(=O)NC(=O)CSC(C)CCN. The van der Waals surface area contributed by atoms with E-state index in [4.69, 9.17) is 5.73 Å². The summed E-state index contributed by atoms with van der Waals surface area (Å²) in [6.45, 7) is 4.54. The van der Waals surface area contributed by atoms with Gasteiger partial charge in [0.15, 0.2) is 0 Å². The molecule has 0 aliphatic carbocycles. The second-order valence-electron chi connectivity index (χ2n) is 2.97. The average Bonchev–Trinajstić information content (AvgIpc) is 2.15. The van der Waals surface area contributed by atoms with E-state index < -0.39 is 6.09 Å². The van der Waals surface area contributed by atoms with Gasteiger partial charge in [-0.25, -0.2) is 4.79 Å². The molecule has 0 aromatic carbocycles. The van der Waals surface area contributed by atoms with Crippen molar-refractivity contribution in [3.63, 3.8) is 0 Å². The lowest BCUT2D eigenvalue weighted by molar-refractivity contribution is -0.117. The van der Waals surface area contributed by atoms with Crippen LogP contribution in [-0.2, 0) is 9.53 Å². The lowest BCUT2D eigenvalue weighted by Crippen LogP contribution is -2.32. The molecule has 0 aliphatic heterocycles. The summed E-state index contributed by atoms with van der Waals surface area (Å²) in [5, 5.41) is 2.45. The van der Waals surface area contributed by atoms with E-state index >= 15 is 0 Å². The smallest absolute Gasteiger partial charge is 0.413 e. The summed E-state index contributed by atoms with van der Waals surface area (Å²) in [5.41, 5.74) is 5.37. The molecule has 0 bridgehead atoms. The van der Waals surface area contributed by atoms with E-state index in [0.29, 0.717) is 11.8 Å². The van der Waals surface area contributed by atoms with Crippen LogP contribution in [0.1, 0.15) is 20.3 Å². The zero-order chi connectivity index (χ0) is 11.7. The molecule has 6 heteroatoms. The van der Waals surface area contributed by atoms with Crippen molar-refractivity contribution in [2.75, 3.05) is 18.9 Å². The predicted octanol–water partition coefficient (Wildman–Crippen LogP) is 0.730. The first kappa shape index (κ1) is 14.2. The Balaban J connectivity index is 3.61. The minimum Gasteiger partial charge on any atom is -0.450 e. The van der Waals surface area contributed by atoms with Crippen molar-refractivity contribution in [1.29, 1.82) is 0 Å². The number of hydrogen-bond acceptors (Lipinski definition) is 5. The topological polar surface area (TPSA) is 81.4 Å². The molecule has 0 fully saturated rings. The van der Waals surface area contributed by atoms with Gasteiger partial charge < -0.3 is 10.5 Å². The average molecular weight is 234 g/mol. The van der Waals surface area contributed by atoms with Crippen LogP contribution in [0.25, 0.3) is 0 Å². The highest BCUT2D eigenvalue weighted by Crippen LogP contribution is 2.12. The number of carbonyl (C=O) groups excluding carboxylic acids is 2. The van der Waals surface area contributed by atoms with Crippen LogP contribution in [0.5, 0.6) is 0 Å². The van der Waals surface area contributed by atoms with Crippen LogP contribution in [0.3, 0.4) is 0 Å². The molecular formula is C9H18N2O3S. The molecule has 1 atom stereocenters. The van der Waals surface area contributed by atoms with Gasteiger partial charge in [-0.1, -0.05) is 6.92 Å². The quantitative estimate of drug-likeness (QED) is 0.708. The van der Waals surface area contributed by atoms with Crippen LogP contribution >= 0.6 is 11.8 Å². The maximum absolute atomic E-state index is 11.2. The molecule has 0 spiro atoms. The molecule has 0 aromatic heterocycles. The van der Waals surface area contributed by atoms with Gasteiger partial charge in [-0.05, 0) is 19.9 Å². The summed E-state index contributed by atoms with van der Waals surface area (Å²) in [7, 11) is 0. The lowest BCUT2D eigenvalue weighted by Gasteiger charge is -2.09. The molecule has 3 N–H and O–H groups in total. The first-order valence-electron chi connectivity index (χ1n) is 4.88. The number of carbonyl (C=O) groups is 2. The molecule has 88 valence electrons. The molecule has 5 nitrogen and oxygen atoms in total. The standard InChI is InChI=1S/C9H18N2O3S/c1-3-14-9(13)11-8(12)6-15-7(2)4-5-10/h7H,3-6,10H2,1-2H3,(H,11,12,13). The fourth-order valence-electron chi connectivity index (χ4n) is 0.853. The third-order valence-electron chi connectivity index (χ3n) is 1.59. The number of nitrogens with one attached hydrogen (secondary N) is 1. The fourth-order valence-corrected chi connectivity index (χ4v) is 1.66. The highest BCUT2D eigenvalue weighted by atomic mass is 32.2. The van der Waals surface area contributed by atoms with Gasteiger partial charge in [-0.2, -0.15) is 0 Å². The molecule has 15 heavy (non-hydrogen) atoms. The first-order valence-corrected chi connectivity index (χ1v) is 5.93. The number of imide groups is 1. The zero-order valence-electron chi connectivity index (χ0n) is 9.12. The van der Waals surface area contributed by atoms with Gasteiger partial charge in [-0.3, -0.25) is 10.1 Å². The van der Waals surface area contributed by atoms with Crippen molar-refractivity contribution in [1.82, 2.24) is 5.32 Å². The Morgan fingerprint density at radius 1 is 1.53 bits per heavy atom. The molecular weight excluding hydrogens is 216 g/mol. The molecule has 2 amide bonds. The molecule has 0 aliphatic rings. The Labute approximate surface area is 94.1 Å². The van der Waals surface area contributed by atoms with E-state index in [9.17, 15) is 9.59 Å². The van der Waals surface area contributed by atoms with Crippen molar-refractivity contribution in [3.8, 4) is 0 Å². The highest BCUT2D eigenvalue weighted by molar-refractivity contribution is 8.00. The number of hydrogen-bond donors (Lipinski definition) is 2. The van der Waals surface area contributed by atoms with Crippen LogP contribution in [0.2, 0.25) is 0 Å². The summed E-state index contributed by atoms with van der Waals surface area (Å²) in [4.78, 5) is 22.0. The van der Waals surface area contributed by atoms with Crippen LogP contribution in [0.15, 0.2) is 0 Å². The van der Waals surface area contributed by atoms with Gasteiger partial charge in [-0.15, -0.1) is 11.8 Å². The molecule has 1 unspecified atom stereocenters. The molecule has 0 radical (unpaired) electrons. The Morgan fingerprint density at radius 2 is 2.20 bits per heavy atom. The number of ether oxygens (including phenoxy) is 1. The van der Waals surface area contributed by atoms with Gasteiger partial charge in [0.25, 0.3) is 0 Å². The number of alkyl carbamates (subject to hydrolysis) is 1. The fraction of sp³-hybridized carbons (Fsp3) is 0.778. The van der Waals surface area contributed by atoms with E-state index in [1.807, 2.05) is 6.92 Å². The largest absolute Gasteiger partial charge is 0.450 e. The van der Waals surface area contributed by atoms with Gasteiger partial charge >= 0.3 is 6.09 Å². The Morgan fingerprint density at radius 3 is 2.73 bits per heavy atom. The minimum absolute atomic E-state index is 0.250. The maximum atomic E-state index is 11.2. The summed E-state index contributed by atoms with van der Waals surface area (Å²) in [6, 6.07) is 0.